The number of rotatable bonds is 2. The summed E-state index contributed by atoms with van der Waals surface area (Å²) in [6.45, 7) is 3.18. The lowest BCUT2D eigenvalue weighted by Crippen LogP contribution is -2.35. The van der Waals surface area contributed by atoms with E-state index in [9.17, 15) is 0 Å². The van der Waals surface area contributed by atoms with Gasteiger partial charge in [-0.25, -0.2) is 0 Å². The van der Waals surface area contributed by atoms with Crippen LogP contribution in [0.15, 0.2) is 28.7 Å². The Kier molecular flexibility index (Phi) is 2.89. The second-order valence-corrected chi connectivity index (χ2v) is 5.04. The van der Waals surface area contributed by atoms with E-state index in [1.807, 2.05) is 6.92 Å². The van der Waals surface area contributed by atoms with E-state index in [1.54, 1.807) is 0 Å². The fraction of sp³-hybridized carbons (Fsp3) is 0.467. The normalized spacial score (nSPS) is 20.9. The molecule has 0 radical (unpaired) electrons. The Morgan fingerprint density at radius 3 is 3.12 bits per heavy atom. The first-order chi connectivity index (χ1) is 8.33. The maximum Gasteiger partial charge on any atom is 0.137 e. The van der Waals surface area contributed by atoms with Crippen molar-refractivity contribution in [3.8, 4) is 0 Å². The second kappa shape index (κ2) is 4.53. The number of fused-ring (bicyclic) bond motifs is 1. The molecule has 0 spiro atoms. The van der Waals surface area contributed by atoms with Crippen LogP contribution < -0.4 is 5.32 Å². The number of benzene rings is 1. The highest BCUT2D eigenvalue weighted by Crippen LogP contribution is 2.24. The summed E-state index contributed by atoms with van der Waals surface area (Å²) < 4.78 is 5.81. The van der Waals surface area contributed by atoms with E-state index < -0.39 is 0 Å². The minimum Gasteiger partial charge on any atom is -0.461 e. The van der Waals surface area contributed by atoms with Crippen LogP contribution in [0.3, 0.4) is 0 Å². The molecule has 1 unspecified atom stereocenters. The smallest absolute Gasteiger partial charge is 0.137 e. The van der Waals surface area contributed by atoms with Gasteiger partial charge in [-0.3, -0.25) is 0 Å². The van der Waals surface area contributed by atoms with E-state index in [0.717, 1.165) is 24.3 Å². The van der Waals surface area contributed by atoms with Crippen molar-refractivity contribution in [3.63, 3.8) is 0 Å². The average molecular weight is 229 g/mol. The van der Waals surface area contributed by atoms with Crippen LogP contribution >= 0.6 is 0 Å². The van der Waals surface area contributed by atoms with Gasteiger partial charge in [-0.15, -0.1) is 0 Å². The minimum atomic E-state index is 0.625. The largest absolute Gasteiger partial charge is 0.461 e. The third-order valence-corrected chi connectivity index (χ3v) is 3.63. The fourth-order valence-electron chi connectivity index (χ4n) is 2.78. The highest BCUT2D eigenvalue weighted by atomic mass is 16.3. The van der Waals surface area contributed by atoms with Gasteiger partial charge < -0.3 is 9.73 Å². The molecule has 1 aliphatic heterocycles. The lowest BCUT2D eigenvalue weighted by Gasteiger charge is -2.23. The van der Waals surface area contributed by atoms with Crippen molar-refractivity contribution in [3.05, 3.63) is 35.6 Å². The van der Waals surface area contributed by atoms with Crippen LogP contribution in [0.4, 0.5) is 0 Å². The summed E-state index contributed by atoms with van der Waals surface area (Å²) in [6.07, 6.45) is 5.05. The molecule has 0 aliphatic carbocycles. The number of nitrogens with one attached hydrogen (secondary N) is 1. The highest BCUT2D eigenvalue weighted by molar-refractivity contribution is 5.81. The lowest BCUT2D eigenvalue weighted by molar-refractivity contribution is 0.398. The van der Waals surface area contributed by atoms with Crippen molar-refractivity contribution in [2.45, 2.75) is 38.6 Å². The predicted octanol–water partition coefficient (Wildman–Crippen LogP) is 3.43. The maximum absolute atomic E-state index is 5.81. The van der Waals surface area contributed by atoms with E-state index in [4.69, 9.17) is 4.42 Å². The SMILES string of the molecule is Cc1cc2cccc(CC3CCCCN3)c2o1. The van der Waals surface area contributed by atoms with Crippen molar-refractivity contribution >= 4 is 11.0 Å². The van der Waals surface area contributed by atoms with Gasteiger partial charge in [-0.2, -0.15) is 0 Å². The number of para-hydroxylation sites is 1. The molecule has 1 saturated heterocycles. The van der Waals surface area contributed by atoms with Crippen molar-refractivity contribution in [2.75, 3.05) is 6.54 Å². The molecule has 17 heavy (non-hydrogen) atoms. The molecule has 1 atom stereocenters. The van der Waals surface area contributed by atoms with Gasteiger partial charge in [0.25, 0.3) is 0 Å². The molecular weight excluding hydrogens is 210 g/mol. The van der Waals surface area contributed by atoms with E-state index in [-0.39, 0.29) is 0 Å². The Bertz CT molecular complexity index is 509. The van der Waals surface area contributed by atoms with Crippen LogP contribution in [-0.2, 0) is 6.42 Å². The zero-order chi connectivity index (χ0) is 11.7. The van der Waals surface area contributed by atoms with Gasteiger partial charge in [0.2, 0.25) is 0 Å². The molecule has 1 aromatic heterocycles. The minimum absolute atomic E-state index is 0.625. The molecule has 3 rings (SSSR count). The van der Waals surface area contributed by atoms with Gasteiger partial charge in [-0.05, 0) is 44.4 Å². The second-order valence-electron chi connectivity index (χ2n) is 5.04. The number of hydrogen-bond donors (Lipinski definition) is 1. The van der Waals surface area contributed by atoms with Crippen molar-refractivity contribution < 1.29 is 4.42 Å². The fourth-order valence-corrected chi connectivity index (χ4v) is 2.78. The molecule has 0 amide bonds. The van der Waals surface area contributed by atoms with Crippen LogP contribution in [-0.4, -0.2) is 12.6 Å². The first-order valence-corrected chi connectivity index (χ1v) is 6.54. The first kappa shape index (κ1) is 10.8. The van der Waals surface area contributed by atoms with Crippen LogP contribution in [0.25, 0.3) is 11.0 Å². The molecule has 1 aromatic carbocycles. The van der Waals surface area contributed by atoms with E-state index in [0.29, 0.717) is 6.04 Å². The van der Waals surface area contributed by atoms with Gasteiger partial charge in [0.1, 0.15) is 11.3 Å². The summed E-state index contributed by atoms with van der Waals surface area (Å²) >= 11 is 0. The Hall–Kier alpha value is -1.28. The Morgan fingerprint density at radius 1 is 1.35 bits per heavy atom. The monoisotopic (exact) mass is 229 g/mol. The van der Waals surface area contributed by atoms with Crippen molar-refractivity contribution in [2.24, 2.45) is 0 Å². The summed E-state index contributed by atoms with van der Waals surface area (Å²) in [7, 11) is 0. The third kappa shape index (κ3) is 2.22. The Labute approximate surface area is 102 Å². The van der Waals surface area contributed by atoms with Gasteiger partial charge in [0, 0.05) is 11.4 Å². The third-order valence-electron chi connectivity index (χ3n) is 3.63. The molecule has 90 valence electrons. The number of piperidine rings is 1. The number of furan rings is 1. The van der Waals surface area contributed by atoms with Gasteiger partial charge in [0.05, 0.1) is 0 Å². The molecule has 1 fully saturated rings. The lowest BCUT2D eigenvalue weighted by atomic mass is 9.97. The number of hydrogen-bond acceptors (Lipinski definition) is 2. The van der Waals surface area contributed by atoms with Crippen molar-refractivity contribution in [1.82, 2.24) is 5.32 Å². The molecule has 2 heterocycles. The standard InChI is InChI=1S/C15H19NO/c1-11-9-12-5-4-6-13(15(12)17-11)10-14-7-2-3-8-16-14/h4-6,9,14,16H,2-3,7-8,10H2,1H3. The van der Waals surface area contributed by atoms with E-state index >= 15 is 0 Å². The maximum atomic E-state index is 5.81. The summed E-state index contributed by atoms with van der Waals surface area (Å²) in [6, 6.07) is 9.20. The van der Waals surface area contributed by atoms with Crippen LogP contribution in [0.2, 0.25) is 0 Å². The predicted molar refractivity (Wildman–Crippen MR) is 70.3 cm³/mol. The highest BCUT2D eigenvalue weighted by Gasteiger charge is 2.15. The van der Waals surface area contributed by atoms with E-state index in [1.165, 1.54) is 30.2 Å². The summed E-state index contributed by atoms with van der Waals surface area (Å²) in [5.74, 6) is 1.00. The molecule has 2 heteroatoms. The molecule has 1 aliphatic rings. The Morgan fingerprint density at radius 2 is 2.29 bits per heavy atom. The zero-order valence-electron chi connectivity index (χ0n) is 10.3. The Balaban J connectivity index is 1.88. The van der Waals surface area contributed by atoms with Crippen LogP contribution in [0.5, 0.6) is 0 Å². The van der Waals surface area contributed by atoms with Crippen molar-refractivity contribution in [1.29, 1.82) is 0 Å². The topological polar surface area (TPSA) is 25.2 Å². The van der Waals surface area contributed by atoms with Crippen LogP contribution in [0.1, 0.15) is 30.6 Å². The van der Waals surface area contributed by atoms with Crippen LogP contribution in [0, 0.1) is 6.92 Å². The summed E-state index contributed by atoms with van der Waals surface area (Å²) in [5.41, 5.74) is 2.42. The van der Waals surface area contributed by atoms with Gasteiger partial charge >= 0.3 is 0 Å². The first-order valence-electron chi connectivity index (χ1n) is 6.54. The molecule has 2 nitrogen and oxygen atoms in total. The molecule has 1 N–H and O–H groups in total. The molecular formula is C15H19NO. The quantitative estimate of drug-likeness (QED) is 0.853. The van der Waals surface area contributed by atoms with Gasteiger partial charge in [0.15, 0.2) is 0 Å². The zero-order valence-corrected chi connectivity index (χ0v) is 10.3. The average Bonchev–Trinajstić information content (AvgIpc) is 2.72. The van der Waals surface area contributed by atoms with E-state index in [2.05, 4.69) is 29.6 Å². The molecule has 2 aromatic rings. The molecule has 0 saturated carbocycles. The van der Waals surface area contributed by atoms with Gasteiger partial charge in [-0.1, -0.05) is 24.6 Å². The summed E-state index contributed by atoms with van der Waals surface area (Å²) in [5, 5.41) is 4.83. The summed E-state index contributed by atoms with van der Waals surface area (Å²) in [4.78, 5) is 0. The molecule has 0 bridgehead atoms. The number of aryl methyl sites for hydroxylation is 1.